The molecule has 0 atom stereocenters. The molecule has 0 saturated heterocycles. The minimum atomic E-state index is 0.214. The first kappa shape index (κ1) is 9.67. The summed E-state index contributed by atoms with van der Waals surface area (Å²) in [4.78, 5) is 8.29. The van der Waals surface area contributed by atoms with E-state index in [1.807, 2.05) is 26.0 Å². The Morgan fingerprint density at radius 2 is 2.38 bits per heavy atom. The second-order valence-electron chi connectivity index (χ2n) is 2.96. The molecule has 1 heterocycles. The van der Waals surface area contributed by atoms with Crippen molar-refractivity contribution in [2.24, 2.45) is 10.8 Å². The van der Waals surface area contributed by atoms with Gasteiger partial charge in [0.15, 0.2) is 0 Å². The van der Waals surface area contributed by atoms with Crippen molar-refractivity contribution in [1.82, 2.24) is 10.4 Å². The predicted molar refractivity (Wildman–Crippen MR) is 53.2 cm³/mol. The van der Waals surface area contributed by atoms with Crippen LogP contribution in [0.5, 0.6) is 0 Å². The number of amidine groups is 1. The van der Waals surface area contributed by atoms with Gasteiger partial charge in [-0.05, 0) is 26.0 Å². The summed E-state index contributed by atoms with van der Waals surface area (Å²) in [5.41, 5.74) is 3.46. The highest BCUT2D eigenvalue weighted by atomic mass is 15.3. The fourth-order valence-corrected chi connectivity index (χ4v) is 0.956. The Bertz CT molecular complexity index is 279. The van der Waals surface area contributed by atoms with E-state index in [1.165, 1.54) is 0 Å². The maximum absolute atomic E-state index is 5.34. The van der Waals surface area contributed by atoms with Crippen molar-refractivity contribution in [2.45, 2.75) is 19.9 Å². The third-order valence-corrected chi connectivity index (χ3v) is 1.46. The van der Waals surface area contributed by atoms with E-state index in [0.717, 1.165) is 5.56 Å². The summed E-state index contributed by atoms with van der Waals surface area (Å²) in [7, 11) is 0. The molecule has 1 aromatic rings. The zero-order valence-electron chi connectivity index (χ0n) is 7.86. The van der Waals surface area contributed by atoms with E-state index < -0.39 is 0 Å². The summed E-state index contributed by atoms with van der Waals surface area (Å²) in [6.45, 7) is 3.99. The van der Waals surface area contributed by atoms with Gasteiger partial charge >= 0.3 is 0 Å². The number of hydrazine groups is 1. The summed E-state index contributed by atoms with van der Waals surface area (Å²) in [5, 5.41) is 0. The number of pyridine rings is 1. The molecule has 1 rings (SSSR count). The van der Waals surface area contributed by atoms with E-state index in [-0.39, 0.29) is 6.04 Å². The fourth-order valence-electron chi connectivity index (χ4n) is 0.956. The number of rotatable bonds is 2. The zero-order chi connectivity index (χ0) is 9.68. The van der Waals surface area contributed by atoms with Gasteiger partial charge in [0.25, 0.3) is 0 Å². The first-order valence-corrected chi connectivity index (χ1v) is 4.19. The fraction of sp³-hybridized carbons (Fsp3) is 0.333. The Balaban J connectivity index is 2.91. The van der Waals surface area contributed by atoms with E-state index in [1.54, 1.807) is 12.4 Å². The molecule has 0 aliphatic rings. The molecule has 13 heavy (non-hydrogen) atoms. The number of hydrogen-bond donors (Lipinski definition) is 2. The third-order valence-electron chi connectivity index (χ3n) is 1.46. The summed E-state index contributed by atoms with van der Waals surface area (Å²) in [6, 6.07) is 3.97. The van der Waals surface area contributed by atoms with Crippen LogP contribution in [0.2, 0.25) is 0 Å². The minimum Gasteiger partial charge on any atom is -0.308 e. The SMILES string of the molecule is CC(C)N=C(NN)c1cccnc1. The van der Waals surface area contributed by atoms with Crippen LogP contribution in [-0.4, -0.2) is 16.9 Å². The van der Waals surface area contributed by atoms with Gasteiger partial charge in [-0.1, -0.05) is 0 Å². The Morgan fingerprint density at radius 3 is 2.85 bits per heavy atom. The number of nitrogens with two attached hydrogens (primary N) is 1. The summed E-state index contributed by atoms with van der Waals surface area (Å²) >= 11 is 0. The molecule has 0 aliphatic carbocycles. The summed E-state index contributed by atoms with van der Waals surface area (Å²) < 4.78 is 0. The van der Waals surface area contributed by atoms with E-state index in [4.69, 9.17) is 5.84 Å². The highest BCUT2D eigenvalue weighted by molar-refractivity contribution is 5.98. The van der Waals surface area contributed by atoms with Crippen LogP contribution in [0.4, 0.5) is 0 Å². The predicted octanol–water partition coefficient (Wildman–Crippen LogP) is 0.700. The Kier molecular flexibility index (Phi) is 3.40. The van der Waals surface area contributed by atoms with Crippen LogP contribution in [0, 0.1) is 0 Å². The monoisotopic (exact) mass is 178 g/mol. The van der Waals surface area contributed by atoms with E-state index in [9.17, 15) is 0 Å². The van der Waals surface area contributed by atoms with Gasteiger partial charge < -0.3 is 5.43 Å². The van der Waals surface area contributed by atoms with Gasteiger partial charge in [-0.15, -0.1) is 0 Å². The van der Waals surface area contributed by atoms with Crippen LogP contribution in [0.25, 0.3) is 0 Å². The van der Waals surface area contributed by atoms with Gasteiger partial charge in [-0.25, -0.2) is 5.84 Å². The van der Waals surface area contributed by atoms with Crippen LogP contribution < -0.4 is 11.3 Å². The lowest BCUT2D eigenvalue weighted by Gasteiger charge is -2.06. The van der Waals surface area contributed by atoms with Crippen LogP contribution in [0.1, 0.15) is 19.4 Å². The smallest absolute Gasteiger partial charge is 0.144 e. The molecule has 0 aliphatic heterocycles. The van der Waals surface area contributed by atoms with E-state index >= 15 is 0 Å². The third kappa shape index (κ3) is 2.83. The highest BCUT2D eigenvalue weighted by Gasteiger charge is 2.00. The van der Waals surface area contributed by atoms with Crippen molar-refractivity contribution in [3.8, 4) is 0 Å². The van der Waals surface area contributed by atoms with Crippen LogP contribution in [0.15, 0.2) is 29.5 Å². The topological polar surface area (TPSA) is 63.3 Å². The molecule has 4 heteroatoms. The molecule has 0 spiro atoms. The van der Waals surface area contributed by atoms with Gasteiger partial charge in [-0.3, -0.25) is 9.98 Å². The first-order valence-electron chi connectivity index (χ1n) is 4.19. The normalized spacial score (nSPS) is 11.8. The average molecular weight is 178 g/mol. The molecule has 3 N–H and O–H groups in total. The molecule has 0 radical (unpaired) electrons. The molecule has 0 bridgehead atoms. The standard InChI is InChI=1S/C9H14N4/c1-7(2)12-9(13-10)8-4-3-5-11-6-8/h3-7H,10H2,1-2H3,(H,12,13). The molecule has 1 aromatic heterocycles. The van der Waals surface area contributed by atoms with Crippen molar-refractivity contribution < 1.29 is 0 Å². The average Bonchev–Trinajstić information content (AvgIpc) is 2.15. The summed E-state index contributed by atoms with van der Waals surface area (Å²) in [5.74, 6) is 6.01. The Hall–Kier alpha value is -1.42. The van der Waals surface area contributed by atoms with Gasteiger partial charge in [-0.2, -0.15) is 0 Å². The highest BCUT2D eigenvalue weighted by Crippen LogP contribution is 1.98. The van der Waals surface area contributed by atoms with E-state index in [2.05, 4.69) is 15.4 Å². The first-order chi connectivity index (χ1) is 6.24. The van der Waals surface area contributed by atoms with Crippen molar-refractivity contribution in [3.05, 3.63) is 30.1 Å². The van der Waals surface area contributed by atoms with Gasteiger partial charge in [0, 0.05) is 24.0 Å². The molecular weight excluding hydrogens is 164 g/mol. The van der Waals surface area contributed by atoms with Gasteiger partial charge in [0.1, 0.15) is 5.84 Å². The molecular formula is C9H14N4. The molecule has 0 saturated carbocycles. The molecule has 0 fully saturated rings. The van der Waals surface area contributed by atoms with Crippen molar-refractivity contribution >= 4 is 5.84 Å². The molecule has 0 unspecified atom stereocenters. The van der Waals surface area contributed by atoms with Crippen molar-refractivity contribution in [1.29, 1.82) is 0 Å². The Morgan fingerprint density at radius 1 is 1.62 bits per heavy atom. The molecule has 4 nitrogen and oxygen atoms in total. The molecule has 0 amide bonds. The molecule has 70 valence electrons. The lowest BCUT2D eigenvalue weighted by atomic mass is 10.2. The van der Waals surface area contributed by atoms with Crippen LogP contribution in [0.3, 0.4) is 0 Å². The number of aliphatic imine (C=N–C) groups is 1. The Labute approximate surface area is 77.9 Å². The van der Waals surface area contributed by atoms with Crippen LogP contribution >= 0.6 is 0 Å². The second kappa shape index (κ2) is 4.57. The zero-order valence-corrected chi connectivity index (χ0v) is 7.86. The number of nitrogens with one attached hydrogen (secondary N) is 1. The lowest BCUT2D eigenvalue weighted by Crippen LogP contribution is -2.32. The molecule has 0 aromatic carbocycles. The number of hydrogen-bond acceptors (Lipinski definition) is 3. The number of aromatic nitrogens is 1. The lowest BCUT2D eigenvalue weighted by molar-refractivity contribution is 0.820. The quantitative estimate of drug-likeness (QED) is 0.303. The van der Waals surface area contributed by atoms with Crippen molar-refractivity contribution in [2.75, 3.05) is 0 Å². The maximum Gasteiger partial charge on any atom is 0.144 e. The second-order valence-corrected chi connectivity index (χ2v) is 2.96. The van der Waals surface area contributed by atoms with Gasteiger partial charge in [0.2, 0.25) is 0 Å². The van der Waals surface area contributed by atoms with Gasteiger partial charge in [0.05, 0.1) is 0 Å². The summed E-state index contributed by atoms with van der Waals surface area (Å²) in [6.07, 6.45) is 3.44. The minimum absolute atomic E-state index is 0.214. The largest absolute Gasteiger partial charge is 0.308 e. The van der Waals surface area contributed by atoms with Crippen molar-refractivity contribution in [3.63, 3.8) is 0 Å². The van der Waals surface area contributed by atoms with Crippen LogP contribution in [-0.2, 0) is 0 Å². The van der Waals surface area contributed by atoms with E-state index in [0.29, 0.717) is 5.84 Å². The number of nitrogens with zero attached hydrogens (tertiary/aromatic N) is 2. The maximum atomic E-state index is 5.34.